The van der Waals surface area contributed by atoms with Gasteiger partial charge in [0, 0.05) is 29.8 Å². The van der Waals surface area contributed by atoms with Gasteiger partial charge in [-0.3, -0.25) is 9.97 Å². The summed E-state index contributed by atoms with van der Waals surface area (Å²) in [6, 6.07) is 46.5. The van der Waals surface area contributed by atoms with Crippen LogP contribution in [0.3, 0.4) is 0 Å². The van der Waals surface area contributed by atoms with Crippen LogP contribution >= 0.6 is 0 Å². The van der Waals surface area contributed by atoms with Crippen LogP contribution < -0.4 is 0 Å². The maximum atomic E-state index is 4.49. The number of hydrogen-bond acceptors (Lipinski definition) is 2. The predicted octanol–water partition coefficient (Wildman–Crippen LogP) is 11.2. The van der Waals surface area contributed by atoms with E-state index in [4.69, 9.17) is 0 Å². The molecule has 8 aromatic rings. The van der Waals surface area contributed by atoms with E-state index in [9.17, 15) is 0 Å². The Hall–Kier alpha value is -5.60. The first-order chi connectivity index (χ1) is 21.7. The third kappa shape index (κ3) is 4.35. The molecule has 0 saturated carbocycles. The van der Waals surface area contributed by atoms with Crippen LogP contribution in [0.5, 0.6) is 0 Å². The molecular weight excluding hydrogens is 532 g/mol. The molecule has 0 amide bonds. The van der Waals surface area contributed by atoms with Crippen molar-refractivity contribution in [3.63, 3.8) is 0 Å². The summed E-state index contributed by atoms with van der Waals surface area (Å²) in [5.74, 6) is 0. The summed E-state index contributed by atoms with van der Waals surface area (Å²) in [7, 11) is 0. The van der Waals surface area contributed by atoms with Crippen LogP contribution in [0.1, 0.15) is 11.3 Å². The molecule has 0 unspecified atom stereocenters. The second kappa shape index (κ2) is 10.6. The lowest BCUT2D eigenvalue weighted by Crippen LogP contribution is -1.93. The Balaban J connectivity index is 1.38. The first-order valence-corrected chi connectivity index (χ1v) is 15.1. The average molecular weight is 563 g/mol. The van der Waals surface area contributed by atoms with Gasteiger partial charge in [-0.2, -0.15) is 0 Å². The van der Waals surface area contributed by atoms with Gasteiger partial charge in [0.2, 0.25) is 0 Å². The van der Waals surface area contributed by atoms with E-state index in [1.54, 1.807) is 0 Å². The van der Waals surface area contributed by atoms with Gasteiger partial charge in [0.05, 0.1) is 0 Å². The van der Waals surface area contributed by atoms with E-state index in [0.717, 1.165) is 16.8 Å². The number of benzene rings is 6. The molecule has 0 saturated heterocycles. The molecule has 0 atom stereocenters. The van der Waals surface area contributed by atoms with Gasteiger partial charge in [-0.15, -0.1) is 0 Å². The van der Waals surface area contributed by atoms with Gasteiger partial charge >= 0.3 is 0 Å². The second-order valence-corrected chi connectivity index (χ2v) is 11.6. The molecular formula is C42H30N2. The Morgan fingerprint density at radius 2 is 0.955 bits per heavy atom. The van der Waals surface area contributed by atoms with Gasteiger partial charge in [0.25, 0.3) is 0 Å². The molecule has 44 heavy (non-hydrogen) atoms. The fourth-order valence-corrected chi connectivity index (χ4v) is 6.76. The number of aromatic nitrogens is 2. The van der Waals surface area contributed by atoms with Gasteiger partial charge in [0.15, 0.2) is 0 Å². The normalized spacial score (nSPS) is 11.4. The van der Waals surface area contributed by atoms with Crippen molar-refractivity contribution in [2.24, 2.45) is 0 Å². The highest BCUT2D eigenvalue weighted by atomic mass is 14.6. The summed E-state index contributed by atoms with van der Waals surface area (Å²) in [4.78, 5) is 8.86. The highest BCUT2D eigenvalue weighted by molar-refractivity contribution is 6.24. The lowest BCUT2D eigenvalue weighted by atomic mass is 9.83. The predicted molar refractivity (Wildman–Crippen MR) is 186 cm³/mol. The minimum Gasteiger partial charge on any atom is -0.264 e. The lowest BCUT2D eigenvalue weighted by molar-refractivity contribution is 1.20. The van der Waals surface area contributed by atoms with Crippen molar-refractivity contribution in [2.75, 3.05) is 0 Å². The average Bonchev–Trinajstić information content (AvgIpc) is 3.07. The second-order valence-electron chi connectivity index (χ2n) is 11.6. The van der Waals surface area contributed by atoms with Crippen LogP contribution in [0.25, 0.3) is 76.8 Å². The molecule has 0 aliphatic carbocycles. The molecule has 2 heteroatoms. The van der Waals surface area contributed by atoms with Gasteiger partial charge in [-0.1, -0.05) is 109 Å². The van der Waals surface area contributed by atoms with Crippen molar-refractivity contribution < 1.29 is 0 Å². The zero-order valence-corrected chi connectivity index (χ0v) is 24.8. The van der Waals surface area contributed by atoms with E-state index in [0.29, 0.717) is 0 Å². The smallest absolute Gasteiger partial charge is 0.0378 e. The highest BCUT2D eigenvalue weighted by Crippen LogP contribution is 2.46. The number of hydrogen-bond donors (Lipinski definition) is 0. The largest absolute Gasteiger partial charge is 0.264 e. The molecule has 0 bridgehead atoms. The zero-order chi connectivity index (χ0) is 29.6. The van der Waals surface area contributed by atoms with E-state index in [1.807, 2.05) is 25.5 Å². The van der Waals surface area contributed by atoms with Crippen LogP contribution in [0, 0.1) is 13.8 Å². The Morgan fingerprint density at radius 3 is 1.57 bits per heavy atom. The number of fused-ring (bicyclic) bond motifs is 3. The van der Waals surface area contributed by atoms with Crippen LogP contribution in [0.15, 0.2) is 146 Å². The first kappa shape index (κ1) is 26.1. The van der Waals surface area contributed by atoms with Crippen LogP contribution in [-0.2, 0) is 0 Å². The van der Waals surface area contributed by atoms with Crippen molar-refractivity contribution >= 4 is 32.3 Å². The van der Waals surface area contributed by atoms with E-state index >= 15 is 0 Å². The molecule has 2 aromatic heterocycles. The van der Waals surface area contributed by atoms with Gasteiger partial charge < -0.3 is 0 Å². The fourth-order valence-electron chi connectivity index (χ4n) is 6.76. The fraction of sp³-hybridized carbons (Fsp3) is 0.0476. The topological polar surface area (TPSA) is 25.8 Å². The zero-order valence-electron chi connectivity index (χ0n) is 24.8. The van der Waals surface area contributed by atoms with E-state index in [2.05, 4.69) is 144 Å². The van der Waals surface area contributed by atoms with Crippen molar-refractivity contribution in [1.29, 1.82) is 0 Å². The van der Waals surface area contributed by atoms with E-state index in [1.165, 1.54) is 71.3 Å². The van der Waals surface area contributed by atoms with E-state index < -0.39 is 0 Å². The molecule has 0 spiro atoms. The molecule has 2 nitrogen and oxygen atoms in total. The number of pyridine rings is 2. The Labute approximate surface area is 257 Å². The monoisotopic (exact) mass is 562 g/mol. The molecule has 0 aliphatic heterocycles. The molecule has 8 rings (SSSR count). The standard InChI is InChI=1S/C42H30N2/c1-27-23-32(26-43-25-27)33-19-20-40(35-10-4-3-9-34(33)35)42-38-13-7-5-11-36(38)41(37-12-6-8-14-39(37)42)30-17-15-29(16-18-30)31-21-22-44-28(2)24-31/h3-26H,1-2H3. The quantitative estimate of drug-likeness (QED) is 0.199. The maximum Gasteiger partial charge on any atom is 0.0378 e. The van der Waals surface area contributed by atoms with Gasteiger partial charge in [0.1, 0.15) is 0 Å². The maximum absolute atomic E-state index is 4.49. The van der Waals surface area contributed by atoms with Crippen molar-refractivity contribution in [3.05, 3.63) is 157 Å². The van der Waals surface area contributed by atoms with E-state index in [-0.39, 0.29) is 0 Å². The summed E-state index contributed by atoms with van der Waals surface area (Å²) in [6.07, 6.45) is 5.76. The molecule has 2 heterocycles. The van der Waals surface area contributed by atoms with Crippen molar-refractivity contribution in [1.82, 2.24) is 9.97 Å². The molecule has 0 aliphatic rings. The third-order valence-electron chi connectivity index (χ3n) is 8.71. The van der Waals surface area contributed by atoms with Gasteiger partial charge in [-0.05, 0) is 109 Å². The lowest BCUT2D eigenvalue weighted by Gasteiger charge is -2.20. The number of rotatable bonds is 4. The Bertz CT molecular complexity index is 2290. The van der Waals surface area contributed by atoms with Crippen LogP contribution in [-0.4, -0.2) is 9.97 Å². The third-order valence-corrected chi connectivity index (χ3v) is 8.71. The summed E-state index contributed by atoms with van der Waals surface area (Å²) >= 11 is 0. The molecule has 6 aromatic carbocycles. The summed E-state index contributed by atoms with van der Waals surface area (Å²) < 4.78 is 0. The van der Waals surface area contributed by atoms with Crippen LogP contribution in [0.2, 0.25) is 0 Å². The molecule has 0 radical (unpaired) electrons. The Kier molecular flexibility index (Phi) is 6.27. The summed E-state index contributed by atoms with van der Waals surface area (Å²) in [6.45, 7) is 4.13. The minimum absolute atomic E-state index is 1.02. The molecule has 0 N–H and O–H groups in total. The highest BCUT2D eigenvalue weighted by Gasteiger charge is 2.19. The summed E-state index contributed by atoms with van der Waals surface area (Å²) in [5.41, 5.74) is 11.9. The minimum atomic E-state index is 1.02. The first-order valence-electron chi connectivity index (χ1n) is 15.1. The number of aryl methyl sites for hydroxylation is 2. The van der Waals surface area contributed by atoms with Crippen LogP contribution in [0.4, 0.5) is 0 Å². The van der Waals surface area contributed by atoms with Crippen molar-refractivity contribution in [3.8, 4) is 44.5 Å². The summed E-state index contributed by atoms with van der Waals surface area (Å²) in [5, 5.41) is 7.49. The molecule has 0 fully saturated rings. The number of nitrogens with zero attached hydrogens (tertiary/aromatic N) is 2. The van der Waals surface area contributed by atoms with Gasteiger partial charge in [-0.25, -0.2) is 0 Å². The Morgan fingerprint density at radius 1 is 0.409 bits per heavy atom. The van der Waals surface area contributed by atoms with Crippen molar-refractivity contribution in [2.45, 2.75) is 13.8 Å². The molecule has 208 valence electrons. The SMILES string of the molecule is Cc1cncc(-c2ccc(-c3c4ccccc4c(-c4ccc(-c5ccnc(C)c5)cc4)c4ccccc34)c3ccccc23)c1.